The van der Waals surface area contributed by atoms with Gasteiger partial charge in [-0.15, -0.1) is 0 Å². The van der Waals surface area contributed by atoms with Gasteiger partial charge in [-0.05, 0) is 44.5 Å². The maximum atomic E-state index is 6.36. The molecule has 0 unspecified atom stereocenters. The van der Waals surface area contributed by atoms with Gasteiger partial charge in [-0.2, -0.15) is 0 Å². The number of rotatable bonds is 3. The van der Waals surface area contributed by atoms with Gasteiger partial charge in [0.05, 0.1) is 16.1 Å². The molecule has 0 amide bonds. The fourth-order valence-corrected chi connectivity index (χ4v) is 3.96. The molecule has 1 aromatic heterocycles. The lowest BCUT2D eigenvalue weighted by Gasteiger charge is -2.37. The lowest BCUT2D eigenvalue weighted by atomic mass is 9.74. The highest BCUT2D eigenvalue weighted by Crippen LogP contribution is 2.39. The van der Waals surface area contributed by atoms with E-state index in [9.17, 15) is 0 Å². The van der Waals surface area contributed by atoms with E-state index in [1.807, 2.05) is 12.1 Å². The molecule has 2 aromatic rings. The van der Waals surface area contributed by atoms with Gasteiger partial charge >= 0.3 is 0 Å². The standard InChI is InChI=1S/C16H22ClN3/c1-3-7-16(8-10-18-11-9-16)15-19-13-6-4-5-12(17)14(13)20(15)2/h4-6,18H,3,7-11H2,1-2H3. The van der Waals surface area contributed by atoms with Crippen molar-refractivity contribution in [1.29, 1.82) is 0 Å². The predicted molar refractivity (Wildman–Crippen MR) is 84.4 cm³/mol. The largest absolute Gasteiger partial charge is 0.329 e. The van der Waals surface area contributed by atoms with Crippen LogP contribution in [0, 0.1) is 0 Å². The zero-order chi connectivity index (χ0) is 14.2. The molecule has 0 bridgehead atoms. The van der Waals surface area contributed by atoms with Gasteiger partial charge in [0.1, 0.15) is 5.82 Å². The number of piperidine rings is 1. The summed E-state index contributed by atoms with van der Waals surface area (Å²) in [5.74, 6) is 1.21. The average molecular weight is 292 g/mol. The Hall–Kier alpha value is -1.06. The molecule has 1 N–H and O–H groups in total. The van der Waals surface area contributed by atoms with Gasteiger partial charge in [-0.25, -0.2) is 4.98 Å². The van der Waals surface area contributed by atoms with E-state index >= 15 is 0 Å². The second-order valence-electron chi connectivity index (χ2n) is 5.88. The maximum Gasteiger partial charge on any atom is 0.115 e. The number of hydrogen-bond acceptors (Lipinski definition) is 2. The topological polar surface area (TPSA) is 29.9 Å². The van der Waals surface area contributed by atoms with Gasteiger partial charge < -0.3 is 9.88 Å². The Balaban J connectivity index is 2.16. The van der Waals surface area contributed by atoms with Crippen LogP contribution >= 0.6 is 11.6 Å². The SMILES string of the molecule is CCCC1(c2nc3cccc(Cl)c3n2C)CCNCC1. The number of aryl methyl sites for hydroxylation is 1. The monoisotopic (exact) mass is 291 g/mol. The average Bonchev–Trinajstić information content (AvgIpc) is 2.79. The van der Waals surface area contributed by atoms with E-state index < -0.39 is 0 Å². The Morgan fingerprint density at radius 2 is 2.10 bits per heavy atom. The van der Waals surface area contributed by atoms with Crippen LogP contribution in [0.25, 0.3) is 11.0 Å². The molecule has 1 fully saturated rings. The summed E-state index contributed by atoms with van der Waals surface area (Å²) in [6.45, 7) is 4.42. The molecular formula is C16H22ClN3. The summed E-state index contributed by atoms with van der Waals surface area (Å²) in [6, 6.07) is 5.99. The smallest absolute Gasteiger partial charge is 0.115 e. The first-order chi connectivity index (χ1) is 9.68. The molecule has 0 spiro atoms. The Morgan fingerprint density at radius 1 is 1.35 bits per heavy atom. The normalized spacial score (nSPS) is 18.6. The van der Waals surface area contributed by atoms with Crippen molar-refractivity contribution in [1.82, 2.24) is 14.9 Å². The van der Waals surface area contributed by atoms with E-state index in [1.165, 1.54) is 18.7 Å². The van der Waals surface area contributed by atoms with E-state index in [0.29, 0.717) is 0 Å². The van der Waals surface area contributed by atoms with Crippen molar-refractivity contribution in [3.05, 3.63) is 29.0 Å². The van der Waals surface area contributed by atoms with Crippen LogP contribution in [0.5, 0.6) is 0 Å². The summed E-state index contributed by atoms with van der Waals surface area (Å²) in [5, 5.41) is 4.26. The zero-order valence-electron chi connectivity index (χ0n) is 12.2. The third-order valence-electron chi connectivity index (χ3n) is 4.61. The van der Waals surface area contributed by atoms with Crippen LogP contribution in [0.15, 0.2) is 18.2 Å². The number of para-hydroxylation sites is 1. The fourth-order valence-electron chi connectivity index (χ4n) is 3.66. The van der Waals surface area contributed by atoms with E-state index in [-0.39, 0.29) is 5.41 Å². The molecule has 0 radical (unpaired) electrons. The molecule has 108 valence electrons. The number of nitrogens with one attached hydrogen (secondary N) is 1. The van der Waals surface area contributed by atoms with Gasteiger partial charge in [0.25, 0.3) is 0 Å². The quantitative estimate of drug-likeness (QED) is 0.935. The van der Waals surface area contributed by atoms with Crippen LogP contribution in [-0.4, -0.2) is 22.6 Å². The molecule has 2 heterocycles. The van der Waals surface area contributed by atoms with Gasteiger partial charge in [0, 0.05) is 12.5 Å². The Bertz CT molecular complexity index is 606. The van der Waals surface area contributed by atoms with E-state index in [1.54, 1.807) is 0 Å². The van der Waals surface area contributed by atoms with E-state index in [0.717, 1.165) is 42.0 Å². The Labute approximate surface area is 125 Å². The van der Waals surface area contributed by atoms with Crippen molar-refractivity contribution in [3.8, 4) is 0 Å². The van der Waals surface area contributed by atoms with Crippen molar-refractivity contribution < 1.29 is 0 Å². The van der Waals surface area contributed by atoms with Crippen LogP contribution in [0.1, 0.15) is 38.4 Å². The van der Waals surface area contributed by atoms with Crippen molar-refractivity contribution in [2.45, 2.75) is 38.0 Å². The molecule has 3 rings (SSSR count). The zero-order valence-corrected chi connectivity index (χ0v) is 13.0. The minimum Gasteiger partial charge on any atom is -0.329 e. The minimum atomic E-state index is 0.205. The molecule has 1 aliphatic rings. The lowest BCUT2D eigenvalue weighted by molar-refractivity contribution is 0.266. The fraction of sp³-hybridized carbons (Fsp3) is 0.562. The van der Waals surface area contributed by atoms with Crippen molar-refractivity contribution in [2.75, 3.05) is 13.1 Å². The maximum absolute atomic E-state index is 6.36. The first kappa shape index (κ1) is 13.9. The molecule has 1 saturated heterocycles. The Morgan fingerprint density at radius 3 is 2.75 bits per heavy atom. The first-order valence-corrected chi connectivity index (χ1v) is 7.88. The molecule has 0 saturated carbocycles. The van der Waals surface area contributed by atoms with E-state index in [2.05, 4.69) is 29.9 Å². The van der Waals surface area contributed by atoms with Gasteiger partial charge in [-0.1, -0.05) is 31.0 Å². The predicted octanol–water partition coefficient (Wildman–Crippen LogP) is 3.65. The van der Waals surface area contributed by atoms with Crippen molar-refractivity contribution in [2.24, 2.45) is 7.05 Å². The number of aromatic nitrogens is 2. The van der Waals surface area contributed by atoms with Gasteiger partial charge in [0.15, 0.2) is 0 Å². The first-order valence-electron chi connectivity index (χ1n) is 7.50. The molecule has 0 atom stereocenters. The van der Waals surface area contributed by atoms with Gasteiger partial charge in [0.2, 0.25) is 0 Å². The second kappa shape index (κ2) is 5.38. The van der Waals surface area contributed by atoms with Crippen LogP contribution in [0.3, 0.4) is 0 Å². The van der Waals surface area contributed by atoms with Crippen LogP contribution in [0.4, 0.5) is 0 Å². The third-order valence-corrected chi connectivity index (χ3v) is 4.91. The molecule has 3 nitrogen and oxygen atoms in total. The number of imidazole rings is 1. The highest BCUT2D eigenvalue weighted by atomic mass is 35.5. The summed E-state index contributed by atoms with van der Waals surface area (Å²) in [7, 11) is 2.11. The van der Waals surface area contributed by atoms with Crippen LogP contribution < -0.4 is 5.32 Å². The summed E-state index contributed by atoms with van der Waals surface area (Å²) < 4.78 is 2.22. The third kappa shape index (κ3) is 2.13. The number of nitrogens with zero attached hydrogens (tertiary/aromatic N) is 2. The lowest BCUT2D eigenvalue weighted by Crippen LogP contribution is -2.41. The molecule has 4 heteroatoms. The number of hydrogen-bond donors (Lipinski definition) is 1. The molecule has 20 heavy (non-hydrogen) atoms. The highest BCUT2D eigenvalue weighted by molar-refractivity contribution is 6.35. The number of halogens is 1. The summed E-state index contributed by atoms with van der Waals surface area (Å²) in [5.41, 5.74) is 2.29. The van der Waals surface area contributed by atoms with Crippen LogP contribution in [-0.2, 0) is 12.5 Å². The molecule has 1 aromatic carbocycles. The number of fused-ring (bicyclic) bond motifs is 1. The summed E-state index contributed by atoms with van der Waals surface area (Å²) in [4.78, 5) is 4.94. The molecule has 1 aliphatic heterocycles. The Kier molecular flexibility index (Phi) is 3.74. The molecule has 0 aliphatic carbocycles. The van der Waals surface area contributed by atoms with Crippen molar-refractivity contribution in [3.63, 3.8) is 0 Å². The van der Waals surface area contributed by atoms with Gasteiger partial charge in [-0.3, -0.25) is 0 Å². The minimum absolute atomic E-state index is 0.205. The van der Waals surface area contributed by atoms with Crippen molar-refractivity contribution >= 4 is 22.6 Å². The second-order valence-corrected chi connectivity index (χ2v) is 6.29. The highest BCUT2D eigenvalue weighted by Gasteiger charge is 2.37. The summed E-state index contributed by atoms with van der Waals surface area (Å²) >= 11 is 6.36. The summed E-state index contributed by atoms with van der Waals surface area (Å²) in [6.07, 6.45) is 4.71. The number of benzene rings is 1. The van der Waals surface area contributed by atoms with Crippen LogP contribution in [0.2, 0.25) is 5.02 Å². The molecular weight excluding hydrogens is 270 g/mol. The van der Waals surface area contributed by atoms with E-state index in [4.69, 9.17) is 16.6 Å².